The zero-order chi connectivity index (χ0) is 14.8. The van der Waals surface area contributed by atoms with Crippen LogP contribution in [0.4, 0.5) is 0 Å². The molecule has 1 fully saturated rings. The Morgan fingerprint density at radius 1 is 1.40 bits per heavy atom. The molecule has 1 heterocycles. The average Bonchev–Trinajstić information content (AvgIpc) is 2.91. The number of amides is 1. The molecule has 1 amide bonds. The summed E-state index contributed by atoms with van der Waals surface area (Å²) in [6.45, 7) is 1.38. The molecule has 1 aliphatic rings. The number of carbonyl (C=O) groups is 1. The van der Waals surface area contributed by atoms with Gasteiger partial charge in [0.1, 0.15) is 0 Å². The van der Waals surface area contributed by atoms with E-state index < -0.39 is 15.9 Å². The van der Waals surface area contributed by atoms with E-state index in [2.05, 4.69) is 5.32 Å². The molecule has 2 rings (SSSR count). The van der Waals surface area contributed by atoms with Crippen molar-refractivity contribution < 1.29 is 13.2 Å². The maximum atomic E-state index is 12.4. The van der Waals surface area contributed by atoms with Gasteiger partial charge in [0, 0.05) is 25.2 Å². The summed E-state index contributed by atoms with van der Waals surface area (Å²) in [6.07, 6.45) is 2.06. The number of nitrogens with zero attached hydrogens (tertiary/aromatic N) is 1. The van der Waals surface area contributed by atoms with Crippen LogP contribution in [0.1, 0.15) is 23.2 Å². The van der Waals surface area contributed by atoms with Gasteiger partial charge >= 0.3 is 0 Å². The molecule has 0 aromatic heterocycles. The Kier molecular flexibility index (Phi) is 4.42. The molecule has 20 heavy (non-hydrogen) atoms. The summed E-state index contributed by atoms with van der Waals surface area (Å²) in [5.41, 5.74) is 5.43. The van der Waals surface area contributed by atoms with E-state index in [0.29, 0.717) is 12.1 Å². The first-order chi connectivity index (χ1) is 9.41. The lowest BCUT2D eigenvalue weighted by molar-refractivity contribution is 0.1000. The van der Waals surface area contributed by atoms with Gasteiger partial charge in [0.25, 0.3) is 0 Å². The van der Waals surface area contributed by atoms with Crippen LogP contribution in [-0.4, -0.2) is 44.8 Å². The van der Waals surface area contributed by atoms with E-state index in [9.17, 15) is 13.2 Å². The van der Waals surface area contributed by atoms with Crippen LogP contribution < -0.4 is 11.1 Å². The van der Waals surface area contributed by atoms with Crippen LogP contribution in [0.2, 0.25) is 0 Å². The third-order valence-electron chi connectivity index (χ3n) is 3.49. The molecular weight excluding hydrogens is 278 g/mol. The number of nitrogens with one attached hydrogen (secondary N) is 1. The second kappa shape index (κ2) is 5.90. The highest BCUT2D eigenvalue weighted by Gasteiger charge is 2.25. The Balaban J connectivity index is 2.13. The molecule has 3 N–H and O–H groups in total. The minimum atomic E-state index is -3.53. The zero-order valence-corrected chi connectivity index (χ0v) is 12.2. The first-order valence-electron chi connectivity index (χ1n) is 6.51. The van der Waals surface area contributed by atoms with Crippen LogP contribution >= 0.6 is 0 Å². The fourth-order valence-electron chi connectivity index (χ4n) is 2.29. The molecule has 0 spiro atoms. The van der Waals surface area contributed by atoms with Gasteiger partial charge in [-0.15, -0.1) is 0 Å². The van der Waals surface area contributed by atoms with E-state index in [4.69, 9.17) is 5.73 Å². The molecule has 1 aliphatic heterocycles. The standard InChI is InChI=1S/C13H19N3O3S/c1-16(9-11-3-2-8-15-11)20(18,19)12-6-4-10(5-7-12)13(14)17/h4-7,11,15H,2-3,8-9H2,1H3,(H2,14,17). The molecule has 110 valence electrons. The fraction of sp³-hybridized carbons (Fsp3) is 0.462. The van der Waals surface area contributed by atoms with Crippen molar-refractivity contribution in [3.8, 4) is 0 Å². The van der Waals surface area contributed by atoms with Crippen molar-refractivity contribution in [2.45, 2.75) is 23.8 Å². The predicted molar refractivity (Wildman–Crippen MR) is 75.8 cm³/mol. The van der Waals surface area contributed by atoms with Crippen LogP contribution in [-0.2, 0) is 10.0 Å². The minimum absolute atomic E-state index is 0.169. The number of primary amides is 1. The molecular formula is C13H19N3O3S. The third kappa shape index (κ3) is 3.17. The maximum Gasteiger partial charge on any atom is 0.248 e. The Morgan fingerprint density at radius 3 is 2.55 bits per heavy atom. The van der Waals surface area contributed by atoms with Gasteiger partial charge in [0.2, 0.25) is 15.9 Å². The van der Waals surface area contributed by atoms with E-state index in [1.165, 1.54) is 28.6 Å². The van der Waals surface area contributed by atoms with E-state index in [1.807, 2.05) is 0 Å². The second-order valence-corrected chi connectivity index (χ2v) is 7.01. The predicted octanol–water partition coefficient (Wildman–Crippen LogP) is 0.158. The van der Waals surface area contributed by atoms with Crippen LogP contribution in [0.25, 0.3) is 0 Å². The van der Waals surface area contributed by atoms with Gasteiger partial charge < -0.3 is 11.1 Å². The summed E-state index contributed by atoms with van der Waals surface area (Å²) in [6, 6.07) is 5.88. The summed E-state index contributed by atoms with van der Waals surface area (Å²) in [5, 5.41) is 3.27. The molecule has 1 unspecified atom stereocenters. The lowest BCUT2D eigenvalue weighted by atomic mass is 10.2. The zero-order valence-electron chi connectivity index (χ0n) is 11.4. The van der Waals surface area contributed by atoms with Crippen molar-refractivity contribution in [3.63, 3.8) is 0 Å². The monoisotopic (exact) mass is 297 g/mol. The van der Waals surface area contributed by atoms with Crippen LogP contribution in [0.3, 0.4) is 0 Å². The Morgan fingerprint density at radius 2 is 2.05 bits per heavy atom. The lowest BCUT2D eigenvalue weighted by Crippen LogP contribution is -2.38. The number of benzene rings is 1. The summed E-state index contributed by atoms with van der Waals surface area (Å²) in [4.78, 5) is 11.1. The first-order valence-corrected chi connectivity index (χ1v) is 7.95. The highest BCUT2D eigenvalue weighted by atomic mass is 32.2. The van der Waals surface area contributed by atoms with Gasteiger partial charge in [-0.2, -0.15) is 4.31 Å². The highest BCUT2D eigenvalue weighted by Crippen LogP contribution is 2.17. The third-order valence-corrected chi connectivity index (χ3v) is 5.32. The molecule has 0 radical (unpaired) electrons. The summed E-state index contributed by atoms with van der Waals surface area (Å²) >= 11 is 0. The van der Waals surface area contributed by atoms with Gasteiger partial charge in [0.05, 0.1) is 4.90 Å². The number of hydrogen-bond donors (Lipinski definition) is 2. The van der Waals surface area contributed by atoms with Gasteiger partial charge in [-0.25, -0.2) is 8.42 Å². The van der Waals surface area contributed by atoms with Crippen molar-refractivity contribution in [1.82, 2.24) is 9.62 Å². The lowest BCUT2D eigenvalue weighted by Gasteiger charge is -2.21. The molecule has 0 bridgehead atoms. The number of likely N-dealkylation sites (N-methyl/N-ethyl adjacent to an activating group) is 1. The summed E-state index contributed by atoms with van der Waals surface area (Å²) in [5.74, 6) is -0.572. The molecule has 6 nitrogen and oxygen atoms in total. The van der Waals surface area contributed by atoms with Crippen molar-refractivity contribution in [2.24, 2.45) is 5.73 Å². The van der Waals surface area contributed by atoms with E-state index in [0.717, 1.165) is 19.4 Å². The molecule has 7 heteroatoms. The van der Waals surface area contributed by atoms with E-state index in [-0.39, 0.29) is 10.9 Å². The fourth-order valence-corrected chi connectivity index (χ4v) is 3.51. The topological polar surface area (TPSA) is 92.5 Å². The van der Waals surface area contributed by atoms with Gasteiger partial charge in [0.15, 0.2) is 0 Å². The van der Waals surface area contributed by atoms with E-state index in [1.54, 1.807) is 7.05 Å². The second-order valence-electron chi connectivity index (χ2n) is 4.97. The molecule has 1 atom stereocenters. The first kappa shape index (κ1) is 15.0. The molecule has 0 saturated carbocycles. The number of rotatable bonds is 5. The van der Waals surface area contributed by atoms with Crippen molar-refractivity contribution in [2.75, 3.05) is 20.1 Å². The SMILES string of the molecule is CN(CC1CCCN1)S(=O)(=O)c1ccc(C(N)=O)cc1. The van der Waals surface area contributed by atoms with Crippen molar-refractivity contribution in [3.05, 3.63) is 29.8 Å². The van der Waals surface area contributed by atoms with Crippen LogP contribution in [0, 0.1) is 0 Å². The Bertz CT molecular complexity index is 577. The summed E-state index contributed by atoms with van der Waals surface area (Å²) < 4.78 is 26.1. The average molecular weight is 297 g/mol. The Labute approximate surface area is 119 Å². The van der Waals surface area contributed by atoms with Crippen molar-refractivity contribution in [1.29, 1.82) is 0 Å². The van der Waals surface area contributed by atoms with Crippen molar-refractivity contribution >= 4 is 15.9 Å². The normalized spacial score (nSPS) is 19.4. The highest BCUT2D eigenvalue weighted by molar-refractivity contribution is 7.89. The number of carbonyl (C=O) groups excluding carboxylic acids is 1. The van der Waals surface area contributed by atoms with Crippen LogP contribution in [0.15, 0.2) is 29.2 Å². The number of nitrogens with two attached hydrogens (primary N) is 1. The Hall–Kier alpha value is -1.44. The smallest absolute Gasteiger partial charge is 0.248 e. The largest absolute Gasteiger partial charge is 0.366 e. The molecule has 1 aromatic carbocycles. The molecule has 1 aromatic rings. The molecule has 0 aliphatic carbocycles. The van der Waals surface area contributed by atoms with Gasteiger partial charge in [-0.3, -0.25) is 4.79 Å². The molecule has 1 saturated heterocycles. The number of sulfonamides is 1. The number of hydrogen-bond acceptors (Lipinski definition) is 4. The maximum absolute atomic E-state index is 12.4. The van der Waals surface area contributed by atoms with E-state index >= 15 is 0 Å². The minimum Gasteiger partial charge on any atom is -0.366 e. The quantitative estimate of drug-likeness (QED) is 0.809. The van der Waals surface area contributed by atoms with Gasteiger partial charge in [-0.05, 0) is 43.7 Å². The van der Waals surface area contributed by atoms with Crippen LogP contribution in [0.5, 0.6) is 0 Å². The van der Waals surface area contributed by atoms with Gasteiger partial charge in [-0.1, -0.05) is 0 Å². The summed E-state index contributed by atoms with van der Waals surface area (Å²) in [7, 11) is -1.96.